The number of hydrogen-bond acceptors (Lipinski definition) is 3. The van der Waals surface area contributed by atoms with Gasteiger partial charge in [0.2, 0.25) is 0 Å². The summed E-state index contributed by atoms with van der Waals surface area (Å²) in [7, 11) is 0. The highest BCUT2D eigenvalue weighted by Gasteiger charge is 2.30. The van der Waals surface area contributed by atoms with Crippen molar-refractivity contribution in [3.63, 3.8) is 0 Å². The molecule has 1 saturated heterocycles. The van der Waals surface area contributed by atoms with Crippen molar-refractivity contribution in [1.29, 1.82) is 0 Å². The van der Waals surface area contributed by atoms with Crippen LogP contribution in [0.25, 0.3) is 0 Å². The van der Waals surface area contributed by atoms with Crippen molar-refractivity contribution >= 4 is 11.8 Å². The van der Waals surface area contributed by atoms with Crippen molar-refractivity contribution in [1.82, 2.24) is 9.55 Å². The van der Waals surface area contributed by atoms with Crippen LogP contribution in [0.2, 0.25) is 0 Å². The average Bonchev–Trinajstić information content (AvgIpc) is 2.87. The Morgan fingerprint density at radius 3 is 2.94 bits per heavy atom. The van der Waals surface area contributed by atoms with E-state index >= 15 is 0 Å². The first-order chi connectivity index (χ1) is 8.50. The first-order valence-electron chi connectivity index (χ1n) is 6.90. The predicted octanol–water partition coefficient (Wildman–Crippen LogP) is 3.21. The molecule has 2 atom stereocenters. The highest BCUT2D eigenvalue weighted by molar-refractivity contribution is 8.00. The zero-order chi connectivity index (χ0) is 13.2. The summed E-state index contributed by atoms with van der Waals surface area (Å²) < 4.78 is 2.64. The zero-order valence-corrected chi connectivity index (χ0v) is 12.5. The second-order valence-electron chi connectivity index (χ2n) is 6.08. The molecule has 2 unspecified atom stereocenters. The molecule has 0 amide bonds. The third kappa shape index (κ3) is 3.29. The summed E-state index contributed by atoms with van der Waals surface area (Å²) in [5, 5.41) is 0. The third-order valence-corrected chi connectivity index (χ3v) is 5.18. The molecule has 2 N–H and O–H groups in total. The molecule has 0 radical (unpaired) electrons. The van der Waals surface area contributed by atoms with Gasteiger partial charge in [-0.2, -0.15) is 11.8 Å². The molecule has 18 heavy (non-hydrogen) atoms. The van der Waals surface area contributed by atoms with Crippen LogP contribution in [0, 0.1) is 5.92 Å². The summed E-state index contributed by atoms with van der Waals surface area (Å²) in [5.41, 5.74) is 7.48. The van der Waals surface area contributed by atoms with Crippen LogP contribution >= 0.6 is 11.8 Å². The van der Waals surface area contributed by atoms with Gasteiger partial charge in [-0.1, -0.05) is 13.8 Å². The molecule has 1 fully saturated rings. The summed E-state index contributed by atoms with van der Waals surface area (Å²) in [6, 6.07) is 0.113. The number of thioether (sulfide) groups is 1. The summed E-state index contributed by atoms with van der Waals surface area (Å²) >= 11 is 2.09. The van der Waals surface area contributed by atoms with Crippen molar-refractivity contribution in [2.45, 2.75) is 57.4 Å². The van der Waals surface area contributed by atoms with E-state index in [0.29, 0.717) is 10.7 Å². The molecule has 1 aromatic heterocycles. The molecule has 0 aliphatic carbocycles. The topological polar surface area (TPSA) is 43.8 Å². The normalized spacial score (nSPS) is 25.8. The van der Waals surface area contributed by atoms with Crippen LogP contribution in [0.15, 0.2) is 12.5 Å². The Bertz CT molecular complexity index is 380. The van der Waals surface area contributed by atoms with Crippen molar-refractivity contribution in [2.75, 3.05) is 5.75 Å². The molecule has 1 aromatic rings. The molecule has 1 aliphatic heterocycles. The molecular formula is C14H25N3S. The monoisotopic (exact) mass is 267 g/mol. The van der Waals surface area contributed by atoms with Gasteiger partial charge in [-0.3, -0.25) is 0 Å². The molecule has 102 valence electrons. The van der Waals surface area contributed by atoms with E-state index in [1.165, 1.54) is 24.3 Å². The number of aromatic nitrogens is 2. The number of nitrogens with two attached hydrogens (primary N) is 1. The summed E-state index contributed by atoms with van der Waals surface area (Å²) in [5.74, 6) is 1.92. The predicted molar refractivity (Wildman–Crippen MR) is 78.7 cm³/mol. The number of nitrogens with zero attached hydrogens (tertiary/aromatic N) is 2. The highest BCUT2D eigenvalue weighted by atomic mass is 32.2. The van der Waals surface area contributed by atoms with Gasteiger partial charge >= 0.3 is 0 Å². The molecule has 2 heterocycles. The lowest BCUT2D eigenvalue weighted by Gasteiger charge is -2.25. The molecule has 3 nitrogen and oxygen atoms in total. The number of rotatable bonds is 5. The van der Waals surface area contributed by atoms with E-state index in [0.717, 1.165) is 13.0 Å². The minimum absolute atomic E-state index is 0.113. The van der Waals surface area contributed by atoms with Crippen LogP contribution in [0.4, 0.5) is 0 Å². The van der Waals surface area contributed by atoms with Gasteiger partial charge in [0.1, 0.15) is 0 Å². The van der Waals surface area contributed by atoms with Gasteiger partial charge in [-0.15, -0.1) is 0 Å². The lowest BCUT2D eigenvalue weighted by molar-refractivity contribution is 0.454. The van der Waals surface area contributed by atoms with Gasteiger partial charge in [0.05, 0.1) is 12.0 Å². The van der Waals surface area contributed by atoms with Crippen molar-refractivity contribution in [2.24, 2.45) is 11.7 Å². The lowest BCUT2D eigenvalue weighted by atomic mass is 10.0. The number of hydrogen-bond donors (Lipinski definition) is 1. The van der Waals surface area contributed by atoms with E-state index in [4.69, 9.17) is 5.73 Å². The SMILES string of the molecule is CC(C)CC(N)c1cncn1CC1(C)CCCS1. The van der Waals surface area contributed by atoms with Crippen molar-refractivity contribution < 1.29 is 0 Å². The number of imidazole rings is 1. The van der Waals surface area contributed by atoms with Gasteiger partial charge in [0, 0.05) is 23.5 Å². The zero-order valence-electron chi connectivity index (χ0n) is 11.7. The molecule has 0 aromatic carbocycles. The maximum absolute atomic E-state index is 6.29. The Labute approximate surface area is 115 Å². The van der Waals surface area contributed by atoms with Crippen LogP contribution in [0.5, 0.6) is 0 Å². The Morgan fingerprint density at radius 1 is 1.56 bits per heavy atom. The van der Waals surface area contributed by atoms with E-state index in [9.17, 15) is 0 Å². The lowest BCUT2D eigenvalue weighted by Crippen LogP contribution is -2.26. The smallest absolute Gasteiger partial charge is 0.0949 e. The van der Waals surface area contributed by atoms with Crippen LogP contribution in [0.3, 0.4) is 0 Å². The fraction of sp³-hybridized carbons (Fsp3) is 0.786. The summed E-state index contributed by atoms with van der Waals surface area (Å²) in [6.45, 7) is 7.84. The van der Waals surface area contributed by atoms with E-state index < -0.39 is 0 Å². The van der Waals surface area contributed by atoms with Crippen LogP contribution in [-0.4, -0.2) is 20.1 Å². The van der Waals surface area contributed by atoms with Gasteiger partial charge < -0.3 is 10.3 Å². The molecule has 0 bridgehead atoms. The quantitative estimate of drug-likeness (QED) is 0.891. The first-order valence-corrected chi connectivity index (χ1v) is 7.88. The van der Waals surface area contributed by atoms with E-state index in [2.05, 4.69) is 42.1 Å². The van der Waals surface area contributed by atoms with E-state index in [-0.39, 0.29) is 6.04 Å². The van der Waals surface area contributed by atoms with Crippen LogP contribution in [0.1, 0.15) is 51.8 Å². The van der Waals surface area contributed by atoms with Crippen molar-refractivity contribution in [3.8, 4) is 0 Å². The van der Waals surface area contributed by atoms with Gasteiger partial charge in [-0.25, -0.2) is 4.98 Å². The largest absolute Gasteiger partial charge is 0.332 e. The molecule has 0 spiro atoms. The van der Waals surface area contributed by atoms with Gasteiger partial charge in [0.15, 0.2) is 0 Å². The second-order valence-corrected chi connectivity index (χ2v) is 7.77. The van der Waals surface area contributed by atoms with E-state index in [1.807, 2.05) is 12.5 Å². The fourth-order valence-corrected chi connectivity index (χ4v) is 4.02. The van der Waals surface area contributed by atoms with Gasteiger partial charge in [0.25, 0.3) is 0 Å². The van der Waals surface area contributed by atoms with Gasteiger partial charge in [-0.05, 0) is 37.9 Å². The Balaban J connectivity index is 2.07. The molecular weight excluding hydrogens is 242 g/mol. The third-order valence-electron chi connectivity index (χ3n) is 3.66. The molecule has 2 rings (SSSR count). The average molecular weight is 267 g/mol. The molecule has 1 aliphatic rings. The summed E-state index contributed by atoms with van der Waals surface area (Å²) in [6.07, 6.45) is 7.54. The fourth-order valence-electron chi connectivity index (χ4n) is 2.72. The van der Waals surface area contributed by atoms with E-state index in [1.54, 1.807) is 0 Å². The Kier molecular flexibility index (Phi) is 4.38. The minimum atomic E-state index is 0.113. The maximum atomic E-state index is 6.29. The standard InChI is InChI=1S/C14H25N3S/c1-11(2)7-12(15)13-8-16-10-17(13)9-14(3)5-4-6-18-14/h8,10-12H,4-7,9,15H2,1-3H3. The Hall–Kier alpha value is -0.480. The van der Waals surface area contributed by atoms with Crippen LogP contribution < -0.4 is 5.73 Å². The maximum Gasteiger partial charge on any atom is 0.0949 e. The molecule has 0 saturated carbocycles. The second kappa shape index (κ2) is 5.66. The van der Waals surface area contributed by atoms with Crippen LogP contribution in [-0.2, 0) is 6.54 Å². The minimum Gasteiger partial charge on any atom is -0.332 e. The Morgan fingerprint density at radius 2 is 2.33 bits per heavy atom. The molecule has 4 heteroatoms. The summed E-state index contributed by atoms with van der Waals surface area (Å²) in [4.78, 5) is 4.30. The highest BCUT2D eigenvalue weighted by Crippen LogP contribution is 2.39. The first kappa shape index (κ1) is 13.9. The van der Waals surface area contributed by atoms with Crippen molar-refractivity contribution in [3.05, 3.63) is 18.2 Å².